The molecule has 1 aromatic heterocycles. The average molecular weight is 197 g/mol. The molecule has 2 aromatic rings. The van der Waals surface area contributed by atoms with Gasteiger partial charge >= 0.3 is 0 Å². The third-order valence-electron chi connectivity index (χ3n) is 2.28. The minimum absolute atomic E-state index is 0.676. The van der Waals surface area contributed by atoms with Gasteiger partial charge in [-0.05, 0) is 24.6 Å². The fourth-order valence-electron chi connectivity index (χ4n) is 1.52. The maximum absolute atomic E-state index is 10.9. The highest BCUT2D eigenvalue weighted by Gasteiger charge is 2.04. The molecule has 15 heavy (non-hydrogen) atoms. The van der Waals surface area contributed by atoms with E-state index in [1.54, 1.807) is 12.3 Å². The van der Waals surface area contributed by atoms with Crippen molar-refractivity contribution in [1.82, 2.24) is 4.98 Å². The van der Waals surface area contributed by atoms with E-state index in [2.05, 4.69) is 4.98 Å². The smallest absolute Gasteiger partial charge is 0.150 e. The Labute approximate surface area is 88.6 Å². The second kappa shape index (κ2) is 4.05. The Morgan fingerprint density at radius 3 is 2.73 bits per heavy atom. The summed E-state index contributed by atoms with van der Waals surface area (Å²) in [5.41, 5.74) is 3.55. The molecule has 0 bridgehead atoms. The molecule has 0 N–H and O–H groups in total. The van der Waals surface area contributed by atoms with Crippen LogP contribution in [-0.2, 0) is 0 Å². The number of benzene rings is 1. The summed E-state index contributed by atoms with van der Waals surface area (Å²) in [6.45, 7) is 2.01. The third-order valence-corrected chi connectivity index (χ3v) is 2.28. The van der Waals surface area contributed by atoms with Gasteiger partial charge < -0.3 is 0 Å². The first kappa shape index (κ1) is 9.59. The van der Waals surface area contributed by atoms with Crippen LogP contribution in [0.4, 0.5) is 0 Å². The lowest BCUT2D eigenvalue weighted by molar-refractivity contribution is 0.112. The van der Waals surface area contributed by atoms with Crippen molar-refractivity contribution in [1.29, 1.82) is 0 Å². The van der Waals surface area contributed by atoms with Crippen LogP contribution in [0.1, 0.15) is 15.9 Å². The normalized spacial score (nSPS) is 9.93. The quantitative estimate of drug-likeness (QED) is 0.693. The van der Waals surface area contributed by atoms with Crippen molar-refractivity contribution in [2.45, 2.75) is 6.92 Å². The molecule has 2 rings (SSSR count). The summed E-state index contributed by atoms with van der Waals surface area (Å²) in [4.78, 5) is 15.1. The van der Waals surface area contributed by atoms with Crippen LogP contribution in [0.2, 0.25) is 0 Å². The van der Waals surface area contributed by atoms with Crippen molar-refractivity contribution >= 4 is 6.29 Å². The summed E-state index contributed by atoms with van der Waals surface area (Å²) in [7, 11) is 0. The van der Waals surface area contributed by atoms with E-state index >= 15 is 0 Å². The Balaban J connectivity index is 2.58. The van der Waals surface area contributed by atoms with Crippen LogP contribution < -0.4 is 0 Å². The van der Waals surface area contributed by atoms with Gasteiger partial charge in [-0.3, -0.25) is 9.78 Å². The number of hydrogen-bond acceptors (Lipinski definition) is 2. The molecule has 0 unspecified atom stereocenters. The van der Waals surface area contributed by atoms with Crippen molar-refractivity contribution in [2.75, 3.05) is 0 Å². The number of carbonyl (C=O) groups excluding carboxylic acids is 1. The highest BCUT2D eigenvalue weighted by molar-refractivity contribution is 5.86. The first-order valence-electron chi connectivity index (χ1n) is 4.78. The van der Waals surface area contributed by atoms with Crippen molar-refractivity contribution in [3.05, 3.63) is 53.7 Å². The largest absolute Gasteiger partial charge is 0.298 e. The number of hydrogen-bond donors (Lipinski definition) is 0. The van der Waals surface area contributed by atoms with Crippen LogP contribution >= 0.6 is 0 Å². The van der Waals surface area contributed by atoms with Gasteiger partial charge in [0.15, 0.2) is 6.29 Å². The molecule has 1 aromatic carbocycles. The number of carbonyl (C=O) groups is 1. The van der Waals surface area contributed by atoms with Gasteiger partial charge in [0, 0.05) is 17.3 Å². The highest BCUT2D eigenvalue weighted by Crippen LogP contribution is 2.20. The van der Waals surface area contributed by atoms with E-state index in [0.29, 0.717) is 5.56 Å². The number of aromatic nitrogens is 1. The maximum Gasteiger partial charge on any atom is 0.150 e. The summed E-state index contributed by atoms with van der Waals surface area (Å²) >= 11 is 0. The number of nitrogens with zero attached hydrogens (tertiary/aromatic N) is 1. The van der Waals surface area contributed by atoms with Gasteiger partial charge in [0.2, 0.25) is 0 Å². The van der Waals surface area contributed by atoms with E-state index in [-0.39, 0.29) is 0 Å². The summed E-state index contributed by atoms with van der Waals surface area (Å²) < 4.78 is 0. The van der Waals surface area contributed by atoms with Crippen molar-refractivity contribution in [3.63, 3.8) is 0 Å². The standard InChI is InChI=1S/C13H11NO/c1-10-6-7-14-13(8-10)12-5-3-2-4-11(12)9-15/h2-9H,1H3. The maximum atomic E-state index is 10.9. The minimum atomic E-state index is 0.676. The van der Waals surface area contributed by atoms with E-state index in [1.807, 2.05) is 37.3 Å². The van der Waals surface area contributed by atoms with Gasteiger partial charge in [0.05, 0.1) is 5.69 Å². The zero-order chi connectivity index (χ0) is 10.7. The lowest BCUT2D eigenvalue weighted by Crippen LogP contribution is -1.89. The molecule has 2 nitrogen and oxygen atoms in total. The molecule has 2 heteroatoms. The van der Waals surface area contributed by atoms with Gasteiger partial charge in [-0.2, -0.15) is 0 Å². The molecule has 74 valence electrons. The molecule has 0 saturated heterocycles. The predicted octanol–water partition coefficient (Wildman–Crippen LogP) is 2.87. The molecule has 0 spiro atoms. The number of aryl methyl sites for hydroxylation is 1. The Bertz CT molecular complexity index is 491. The monoisotopic (exact) mass is 197 g/mol. The molecule has 0 fully saturated rings. The van der Waals surface area contributed by atoms with Crippen LogP contribution in [0, 0.1) is 6.92 Å². The number of pyridine rings is 1. The van der Waals surface area contributed by atoms with Crippen LogP contribution in [0.15, 0.2) is 42.6 Å². The van der Waals surface area contributed by atoms with Crippen molar-refractivity contribution in [3.8, 4) is 11.3 Å². The van der Waals surface area contributed by atoms with E-state index in [4.69, 9.17) is 0 Å². The topological polar surface area (TPSA) is 30.0 Å². The first-order valence-corrected chi connectivity index (χ1v) is 4.78. The average Bonchev–Trinajstić information content (AvgIpc) is 2.29. The van der Waals surface area contributed by atoms with Gasteiger partial charge in [-0.25, -0.2) is 0 Å². The fraction of sp³-hybridized carbons (Fsp3) is 0.0769. The highest BCUT2D eigenvalue weighted by atomic mass is 16.1. The first-order chi connectivity index (χ1) is 7.31. The Morgan fingerprint density at radius 1 is 1.20 bits per heavy atom. The molecule has 0 atom stereocenters. The molecule has 0 aliphatic carbocycles. The Morgan fingerprint density at radius 2 is 2.00 bits per heavy atom. The van der Waals surface area contributed by atoms with Crippen molar-refractivity contribution < 1.29 is 4.79 Å². The zero-order valence-electron chi connectivity index (χ0n) is 8.47. The lowest BCUT2D eigenvalue weighted by Gasteiger charge is -2.04. The molecule has 0 aliphatic heterocycles. The molecule has 0 radical (unpaired) electrons. The Hall–Kier alpha value is -1.96. The lowest BCUT2D eigenvalue weighted by atomic mass is 10.0. The minimum Gasteiger partial charge on any atom is -0.298 e. The van der Waals surface area contributed by atoms with Gasteiger partial charge in [0.1, 0.15) is 0 Å². The Kier molecular flexibility index (Phi) is 2.59. The molecular formula is C13H11NO. The summed E-state index contributed by atoms with van der Waals surface area (Å²) in [5, 5.41) is 0. The summed E-state index contributed by atoms with van der Waals surface area (Å²) in [5.74, 6) is 0. The van der Waals surface area contributed by atoms with E-state index in [1.165, 1.54) is 0 Å². The van der Waals surface area contributed by atoms with E-state index < -0.39 is 0 Å². The third kappa shape index (κ3) is 1.94. The summed E-state index contributed by atoms with van der Waals surface area (Å²) in [6.07, 6.45) is 2.62. The second-order valence-corrected chi connectivity index (χ2v) is 3.42. The van der Waals surface area contributed by atoms with Crippen molar-refractivity contribution in [2.24, 2.45) is 0 Å². The van der Waals surface area contributed by atoms with Crippen LogP contribution in [0.3, 0.4) is 0 Å². The molecule has 0 amide bonds. The van der Waals surface area contributed by atoms with Crippen LogP contribution in [-0.4, -0.2) is 11.3 Å². The van der Waals surface area contributed by atoms with Gasteiger partial charge in [-0.15, -0.1) is 0 Å². The van der Waals surface area contributed by atoms with Gasteiger partial charge in [-0.1, -0.05) is 24.3 Å². The van der Waals surface area contributed by atoms with Crippen LogP contribution in [0.25, 0.3) is 11.3 Å². The zero-order valence-corrected chi connectivity index (χ0v) is 8.47. The summed E-state index contributed by atoms with van der Waals surface area (Å²) in [6, 6.07) is 11.4. The van der Waals surface area contributed by atoms with E-state index in [9.17, 15) is 4.79 Å². The molecule has 0 aliphatic rings. The number of rotatable bonds is 2. The van der Waals surface area contributed by atoms with E-state index in [0.717, 1.165) is 23.1 Å². The number of aldehydes is 1. The van der Waals surface area contributed by atoms with Crippen LogP contribution in [0.5, 0.6) is 0 Å². The second-order valence-electron chi connectivity index (χ2n) is 3.42. The molecule has 0 saturated carbocycles. The SMILES string of the molecule is Cc1ccnc(-c2ccccc2C=O)c1. The molecular weight excluding hydrogens is 186 g/mol. The van der Waals surface area contributed by atoms with Gasteiger partial charge in [0.25, 0.3) is 0 Å². The predicted molar refractivity (Wildman–Crippen MR) is 59.8 cm³/mol. The molecule has 1 heterocycles. The fourth-order valence-corrected chi connectivity index (χ4v) is 1.52.